The van der Waals surface area contributed by atoms with Gasteiger partial charge in [0.25, 0.3) is 0 Å². The van der Waals surface area contributed by atoms with Gasteiger partial charge in [0, 0.05) is 25.4 Å². The summed E-state index contributed by atoms with van der Waals surface area (Å²) in [6.07, 6.45) is 2.12. The van der Waals surface area contributed by atoms with Crippen molar-refractivity contribution in [1.82, 2.24) is 14.8 Å². The minimum absolute atomic E-state index is 0.0739. The fourth-order valence-electron chi connectivity index (χ4n) is 3.55. The van der Waals surface area contributed by atoms with Gasteiger partial charge in [-0.25, -0.2) is 0 Å². The molecule has 8 nitrogen and oxygen atoms in total. The maximum Gasteiger partial charge on any atom is 0.239 e. The molecule has 1 atom stereocenters. The van der Waals surface area contributed by atoms with Gasteiger partial charge in [-0.05, 0) is 32.3 Å². The first-order chi connectivity index (χ1) is 12.5. The molecule has 2 amide bonds. The molecule has 2 fully saturated rings. The van der Waals surface area contributed by atoms with Gasteiger partial charge in [-0.2, -0.15) is 5.26 Å². The summed E-state index contributed by atoms with van der Waals surface area (Å²) in [6, 6.07) is 2.21. The highest BCUT2D eigenvalue weighted by Gasteiger charge is 2.25. The summed E-state index contributed by atoms with van der Waals surface area (Å²) >= 11 is 0. The molecule has 0 aromatic carbocycles. The Kier molecular flexibility index (Phi) is 5.59. The lowest BCUT2D eigenvalue weighted by Crippen LogP contribution is -2.49. The smallest absolute Gasteiger partial charge is 0.239 e. The number of piperazine rings is 1. The zero-order valence-corrected chi connectivity index (χ0v) is 15.3. The van der Waals surface area contributed by atoms with E-state index in [1.807, 2.05) is 18.4 Å². The molecule has 2 aliphatic heterocycles. The van der Waals surface area contributed by atoms with E-state index in [2.05, 4.69) is 16.7 Å². The molecule has 2 aliphatic rings. The molecule has 8 heteroatoms. The van der Waals surface area contributed by atoms with Crippen LogP contribution in [0.1, 0.15) is 29.7 Å². The summed E-state index contributed by atoms with van der Waals surface area (Å²) < 4.78 is 7.70. The van der Waals surface area contributed by atoms with Gasteiger partial charge in [-0.3, -0.25) is 14.5 Å². The number of aromatic nitrogens is 1. The second kappa shape index (κ2) is 7.89. The van der Waals surface area contributed by atoms with Crippen molar-refractivity contribution in [3.05, 3.63) is 16.8 Å². The molecular formula is C18H25N5O3. The van der Waals surface area contributed by atoms with Crippen molar-refractivity contribution in [3.8, 4) is 6.07 Å². The summed E-state index contributed by atoms with van der Waals surface area (Å²) in [5.41, 5.74) is 2.33. The molecule has 0 unspecified atom stereocenters. The Morgan fingerprint density at radius 2 is 2.27 bits per heavy atom. The van der Waals surface area contributed by atoms with E-state index in [1.165, 1.54) is 0 Å². The predicted molar refractivity (Wildman–Crippen MR) is 95.7 cm³/mol. The van der Waals surface area contributed by atoms with Crippen LogP contribution in [0, 0.1) is 25.2 Å². The highest BCUT2D eigenvalue weighted by molar-refractivity contribution is 5.93. The van der Waals surface area contributed by atoms with Crippen molar-refractivity contribution in [2.45, 2.75) is 39.3 Å². The molecule has 0 radical (unpaired) electrons. The molecule has 3 rings (SSSR count). The van der Waals surface area contributed by atoms with Crippen molar-refractivity contribution >= 4 is 17.6 Å². The average Bonchev–Trinajstić information content (AvgIpc) is 3.18. The second-order valence-electron chi connectivity index (χ2n) is 6.90. The van der Waals surface area contributed by atoms with E-state index in [4.69, 9.17) is 4.74 Å². The minimum atomic E-state index is -0.220. The van der Waals surface area contributed by atoms with Crippen LogP contribution in [0.25, 0.3) is 0 Å². The van der Waals surface area contributed by atoms with Gasteiger partial charge in [0.2, 0.25) is 11.8 Å². The van der Waals surface area contributed by atoms with Crippen LogP contribution in [0.4, 0.5) is 5.82 Å². The standard InChI is InChI=1S/C18H25N5O3/c1-12-13(2)23(9-14-4-3-7-26-14)18(15(12)8-19)21-17(25)11-22-6-5-20-16(24)10-22/h14H,3-7,9-11H2,1-2H3,(H,20,24)(H,21,25)/t14-/m0/s1. The number of amides is 2. The van der Waals surface area contributed by atoms with Crippen molar-refractivity contribution < 1.29 is 14.3 Å². The molecule has 0 aliphatic carbocycles. The van der Waals surface area contributed by atoms with Crippen molar-refractivity contribution in [2.75, 3.05) is 38.1 Å². The number of carbonyl (C=O) groups is 2. The van der Waals surface area contributed by atoms with Crippen molar-refractivity contribution in [1.29, 1.82) is 5.26 Å². The number of rotatable bonds is 5. The predicted octanol–water partition coefficient (Wildman–Crippen LogP) is 0.526. The molecule has 26 heavy (non-hydrogen) atoms. The van der Waals surface area contributed by atoms with Gasteiger partial charge >= 0.3 is 0 Å². The van der Waals surface area contributed by atoms with Crippen LogP contribution in [0.15, 0.2) is 0 Å². The molecule has 0 bridgehead atoms. The number of nitriles is 1. The highest BCUT2D eigenvalue weighted by Crippen LogP contribution is 2.28. The van der Waals surface area contributed by atoms with Crippen LogP contribution < -0.4 is 10.6 Å². The first-order valence-electron chi connectivity index (χ1n) is 9.00. The highest BCUT2D eigenvalue weighted by atomic mass is 16.5. The van der Waals surface area contributed by atoms with E-state index in [0.29, 0.717) is 31.0 Å². The van der Waals surface area contributed by atoms with Crippen LogP contribution in [0.2, 0.25) is 0 Å². The fourth-order valence-corrected chi connectivity index (χ4v) is 3.55. The SMILES string of the molecule is Cc1c(C#N)c(NC(=O)CN2CCNC(=O)C2)n(C[C@@H]2CCCO2)c1C. The first-order valence-corrected chi connectivity index (χ1v) is 9.00. The average molecular weight is 359 g/mol. The minimum Gasteiger partial charge on any atom is -0.376 e. The van der Waals surface area contributed by atoms with Crippen LogP contribution in [0.5, 0.6) is 0 Å². The number of nitrogens with zero attached hydrogens (tertiary/aromatic N) is 3. The largest absolute Gasteiger partial charge is 0.376 e. The Bertz CT molecular complexity index is 743. The van der Waals surface area contributed by atoms with Gasteiger partial charge in [0.1, 0.15) is 11.9 Å². The Balaban J connectivity index is 1.76. The number of hydrogen-bond acceptors (Lipinski definition) is 5. The zero-order chi connectivity index (χ0) is 18.7. The van der Waals surface area contributed by atoms with E-state index in [-0.39, 0.29) is 31.0 Å². The number of ether oxygens (including phenoxy) is 1. The molecule has 0 spiro atoms. The van der Waals surface area contributed by atoms with Gasteiger partial charge < -0.3 is 19.9 Å². The molecule has 1 aromatic rings. The number of anilines is 1. The maximum atomic E-state index is 12.5. The molecule has 3 heterocycles. The number of nitrogens with one attached hydrogen (secondary N) is 2. The quantitative estimate of drug-likeness (QED) is 0.799. The summed E-state index contributed by atoms with van der Waals surface area (Å²) in [5.74, 6) is 0.238. The third-order valence-corrected chi connectivity index (χ3v) is 5.09. The normalized spacial score (nSPS) is 20.7. The topological polar surface area (TPSA) is 99.4 Å². The monoisotopic (exact) mass is 359 g/mol. The van der Waals surface area contributed by atoms with Gasteiger partial charge in [-0.1, -0.05) is 0 Å². The first kappa shape index (κ1) is 18.4. The second-order valence-corrected chi connectivity index (χ2v) is 6.90. The van der Waals surface area contributed by atoms with Crippen molar-refractivity contribution in [3.63, 3.8) is 0 Å². The lowest BCUT2D eigenvalue weighted by atomic mass is 10.2. The summed E-state index contributed by atoms with van der Waals surface area (Å²) in [7, 11) is 0. The molecule has 2 saturated heterocycles. The maximum absolute atomic E-state index is 12.5. The molecular weight excluding hydrogens is 334 g/mol. The number of carbonyl (C=O) groups excluding carboxylic acids is 2. The lowest BCUT2D eigenvalue weighted by molar-refractivity contribution is -0.125. The summed E-state index contributed by atoms with van der Waals surface area (Å²) in [5, 5.41) is 15.2. The third kappa shape index (κ3) is 3.89. The van der Waals surface area contributed by atoms with E-state index < -0.39 is 0 Å². The summed E-state index contributed by atoms with van der Waals surface area (Å²) in [6.45, 7) is 6.75. The Labute approximate surface area is 153 Å². The van der Waals surface area contributed by atoms with Crippen LogP contribution in [-0.2, 0) is 20.9 Å². The summed E-state index contributed by atoms with van der Waals surface area (Å²) in [4.78, 5) is 25.8. The molecule has 140 valence electrons. The van der Waals surface area contributed by atoms with E-state index in [1.54, 1.807) is 4.90 Å². The lowest BCUT2D eigenvalue weighted by Gasteiger charge is -2.26. The van der Waals surface area contributed by atoms with Crippen molar-refractivity contribution in [2.24, 2.45) is 0 Å². The molecule has 1 aromatic heterocycles. The fraction of sp³-hybridized carbons (Fsp3) is 0.611. The van der Waals surface area contributed by atoms with Crippen LogP contribution in [0.3, 0.4) is 0 Å². The Morgan fingerprint density at radius 1 is 1.46 bits per heavy atom. The number of hydrogen-bond donors (Lipinski definition) is 2. The van der Waals surface area contributed by atoms with Crippen LogP contribution >= 0.6 is 0 Å². The van der Waals surface area contributed by atoms with Gasteiger partial charge in [0.15, 0.2) is 0 Å². The van der Waals surface area contributed by atoms with Crippen LogP contribution in [-0.4, -0.2) is 60.2 Å². The zero-order valence-electron chi connectivity index (χ0n) is 15.3. The molecule has 2 N–H and O–H groups in total. The Morgan fingerprint density at radius 3 is 2.92 bits per heavy atom. The third-order valence-electron chi connectivity index (χ3n) is 5.09. The molecule has 0 saturated carbocycles. The van der Waals surface area contributed by atoms with Gasteiger partial charge in [-0.15, -0.1) is 0 Å². The van der Waals surface area contributed by atoms with E-state index in [9.17, 15) is 14.9 Å². The Hall–Kier alpha value is -2.37. The van der Waals surface area contributed by atoms with Gasteiger partial charge in [0.05, 0.1) is 31.3 Å². The van der Waals surface area contributed by atoms with E-state index in [0.717, 1.165) is 30.7 Å². The van der Waals surface area contributed by atoms with E-state index >= 15 is 0 Å².